The molecule has 2 N–H and O–H groups in total. The molecular formula is C13H20N2O. The van der Waals surface area contributed by atoms with E-state index < -0.39 is 0 Å². The van der Waals surface area contributed by atoms with Gasteiger partial charge in [-0.3, -0.25) is 4.79 Å². The Labute approximate surface area is 97.2 Å². The molecule has 0 aliphatic carbocycles. The summed E-state index contributed by atoms with van der Waals surface area (Å²) in [6.07, 6.45) is 1.04. The van der Waals surface area contributed by atoms with Crippen molar-refractivity contribution in [3.05, 3.63) is 35.9 Å². The van der Waals surface area contributed by atoms with Gasteiger partial charge >= 0.3 is 0 Å². The monoisotopic (exact) mass is 220 g/mol. The molecule has 1 aromatic rings. The molecule has 3 nitrogen and oxygen atoms in total. The lowest BCUT2D eigenvalue weighted by atomic mass is 10.1. The number of carbonyl (C=O) groups is 1. The van der Waals surface area contributed by atoms with Crippen LogP contribution in [0.25, 0.3) is 0 Å². The van der Waals surface area contributed by atoms with Crippen molar-refractivity contribution in [2.75, 3.05) is 13.1 Å². The number of carbonyl (C=O) groups excluding carboxylic acids is 1. The summed E-state index contributed by atoms with van der Waals surface area (Å²) in [5.41, 5.74) is 1.13. The molecule has 0 saturated heterocycles. The van der Waals surface area contributed by atoms with E-state index in [-0.39, 0.29) is 11.9 Å². The highest BCUT2D eigenvalue weighted by Crippen LogP contribution is 2.10. The van der Waals surface area contributed by atoms with Crippen molar-refractivity contribution in [2.45, 2.75) is 26.3 Å². The Bertz CT molecular complexity index is 311. The first-order valence-electron chi connectivity index (χ1n) is 5.79. The highest BCUT2D eigenvalue weighted by atomic mass is 16.1. The first-order chi connectivity index (χ1) is 7.74. The summed E-state index contributed by atoms with van der Waals surface area (Å²) in [7, 11) is 0. The Balaban J connectivity index is 2.34. The maximum absolute atomic E-state index is 11.5. The van der Waals surface area contributed by atoms with E-state index in [2.05, 4.69) is 17.6 Å². The van der Waals surface area contributed by atoms with Crippen LogP contribution in [0.1, 0.15) is 31.9 Å². The third-order valence-electron chi connectivity index (χ3n) is 2.39. The van der Waals surface area contributed by atoms with Crippen LogP contribution in [0.4, 0.5) is 0 Å². The fourth-order valence-electron chi connectivity index (χ4n) is 1.50. The minimum absolute atomic E-state index is 0.0461. The minimum atomic E-state index is 0.0461. The summed E-state index contributed by atoms with van der Waals surface area (Å²) >= 11 is 0. The quantitative estimate of drug-likeness (QED) is 0.718. The van der Waals surface area contributed by atoms with Crippen LogP contribution in [0.2, 0.25) is 0 Å². The predicted octanol–water partition coefficient (Wildman–Crippen LogP) is 1.86. The molecular weight excluding hydrogens is 200 g/mol. The van der Waals surface area contributed by atoms with E-state index in [0.717, 1.165) is 18.5 Å². The highest BCUT2D eigenvalue weighted by molar-refractivity contribution is 5.78. The van der Waals surface area contributed by atoms with E-state index in [1.165, 1.54) is 0 Å². The molecule has 0 aliphatic rings. The molecule has 3 heteroatoms. The Hall–Kier alpha value is -1.35. The Kier molecular flexibility index (Phi) is 5.57. The van der Waals surface area contributed by atoms with Crippen LogP contribution in [0.5, 0.6) is 0 Å². The smallest absolute Gasteiger partial charge is 0.234 e. The summed E-state index contributed by atoms with van der Waals surface area (Å²) in [6, 6.07) is 10.0. The van der Waals surface area contributed by atoms with Crippen molar-refractivity contribution >= 4 is 5.91 Å². The fourth-order valence-corrected chi connectivity index (χ4v) is 1.50. The summed E-state index contributed by atoms with van der Waals surface area (Å²) in [6.45, 7) is 5.35. The molecule has 16 heavy (non-hydrogen) atoms. The predicted molar refractivity (Wildman–Crippen MR) is 66.2 cm³/mol. The van der Waals surface area contributed by atoms with Crippen molar-refractivity contribution in [3.8, 4) is 0 Å². The average molecular weight is 220 g/mol. The molecule has 88 valence electrons. The second-order valence-corrected chi connectivity index (χ2v) is 3.88. The van der Waals surface area contributed by atoms with Gasteiger partial charge in [0, 0.05) is 0 Å². The van der Waals surface area contributed by atoms with Crippen LogP contribution in [0.15, 0.2) is 30.3 Å². The van der Waals surface area contributed by atoms with Gasteiger partial charge in [0.05, 0.1) is 12.6 Å². The summed E-state index contributed by atoms with van der Waals surface area (Å²) < 4.78 is 0. The molecule has 0 aromatic heterocycles. The summed E-state index contributed by atoms with van der Waals surface area (Å²) in [4.78, 5) is 11.5. The Morgan fingerprint density at radius 3 is 2.62 bits per heavy atom. The summed E-state index contributed by atoms with van der Waals surface area (Å²) in [5.74, 6) is 0.0461. The molecule has 0 spiro atoms. The van der Waals surface area contributed by atoms with Crippen molar-refractivity contribution in [2.24, 2.45) is 0 Å². The van der Waals surface area contributed by atoms with Gasteiger partial charge in [-0.05, 0) is 25.5 Å². The largest absolute Gasteiger partial charge is 0.348 e. The third kappa shape index (κ3) is 4.45. The van der Waals surface area contributed by atoms with Crippen LogP contribution in [-0.2, 0) is 4.79 Å². The van der Waals surface area contributed by atoms with Crippen molar-refractivity contribution < 1.29 is 4.79 Å². The second-order valence-electron chi connectivity index (χ2n) is 3.88. The van der Waals surface area contributed by atoms with Gasteiger partial charge in [0.1, 0.15) is 0 Å². The van der Waals surface area contributed by atoms with Crippen LogP contribution < -0.4 is 10.6 Å². The minimum Gasteiger partial charge on any atom is -0.348 e. The molecule has 1 aromatic carbocycles. The fraction of sp³-hybridized carbons (Fsp3) is 0.462. The van der Waals surface area contributed by atoms with Gasteiger partial charge in [0.2, 0.25) is 5.91 Å². The highest BCUT2D eigenvalue weighted by Gasteiger charge is 2.07. The number of nitrogens with one attached hydrogen (secondary N) is 2. The number of rotatable bonds is 6. The summed E-state index contributed by atoms with van der Waals surface area (Å²) in [5, 5.41) is 6.03. The van der Waals surface area contributed by atoms with Gasteiger partial charge in [-0.2, -0.15) is 0 Å². The van der Waals surface area contributed by atoms with E-state index in [1.807, 2.05) is 37.3 Å². The maximum atomic E-state index is 11.5. The molecule has 1 rings (SSSR count). The van der Waals surface area contributed by atoms with Crippen LogP contribution in [0.3, 0.4) is 0 Å². The lowest BCUT2D eigenvalue weighted by Gasteiger charge is -2.14. The standard InChI is InChI=1S/C13H20N2O/c1-3-9-14-10-13(16)15-11(2)12-7-5-4-6-8-12/h4-8,11,14H,3,9-10H2,1-2H3,(H,15,16)/t11-/m1/s1. The van der Waals surface area contributed by atoms with Crippen LogP contribution in [-0.4, -0.2) is 19.0 Å². The molecule has 0 bridgehead atoms. The lowest BCUT2D eigenvalue weighted by Crippen LogP contribution is -2.35. The van der Waals surface area contributed by atoms with E-state index in [1.54, 1.807) is 0 Å². The third-order valence-corrected chi connectivity index (χ3v) is 2.39. The molecule has 0 fully saturated rings. The van der Waals surface area contributed by atoms with E-state index >= 15 is 0 Å². The molecule has 0 saturated carbocycles. The zero-order chi connectivity index (χ0) is 11.8. The lowest BCUT2D eigenvalue weighted by molar-refractivity contribution is -0.120. The maximum Gasteiger partial charge on any atom is 0.234 e. The Morgan fingerprint density at radius 2 is 2.00 bits per heavy atom. The molecule has 0 aliphatic heterocycles. The number of hydrogen-bond acceptors (Lipinski definition) is 2. The molecule has 0 heterocycles. The number of hydrogen-bond donors (Lipinski definition) is 2. The van der Waals surface area contributed by atoms with E-state index in [9.17, 15) is 4.79 Å². The van der Waals surface area contributed by atoms with E-state index in [4.69, 9.17) is 0 Å². The van der Waals surface area contributed by atoms with Crippen LogP contribution >= 0.6 is 0 Å². The second kappa shape index (κ2) is 7.01. The average Bonchev–Trinajstić information content (AvgIpc) is 2.30. The van der Waals surface area contributed by atoms with Gasteiger partial charge in [0.25, 0.3) is 0 Å². The zero-order valence-electron chi connectivity index (χ0n) is 9.99. The van der Waals surface area contributed by atoms with Gasteiger partial charge in [0.15, 0.2) is 0 Å². The molecule has 1 atom stereocenters. The van der Waals surface area contributed by atoms with Crippen molar-refractivity contribution in [1.82, 2.24) is 10.6 Å². The van der Waals surface area contributed by atoms with Crippen molar-refractivity contribution in [1.29, 1.82) is 0 Å². The number of benzene rings is 1. The zero-order valence-corrected chi connectivity index (χ0v) is 9.99. The normalized spacial score (nSPS) is 12.1. The van der Waals surface area contributed by atoms with Gasteiger partial charge in [-0.1, -0.05) is 37.3 Å². The van der Waals surface area contributed by atoms with Crippen LogP contribution in [0, 0.1) is 0 Å². The van der Waals surface area contributed by atoms with Gasteiger partial charge < -0.3 is 10.6 Å². The Morgan fingerprint density at radius 1 is 1.31 bits per heavy atom. The first kappa shape index (κ1) is 12.7. The molecule has 0 radical (unpaired) electrons. The van der Waals surface area contributed by atoms with Gasteiger partial charge in [-0.25, -0.2) is 0 Å². The van der Waals surface area contributed by atoms with Crippen molar-refractivity contribution in [3.63, 3.8) is 0 Å². The first-order valence-corrected chi connectivity index (χ1v) is 5.79. The molecule has 1 amide bonds. The SMILES string of the molecule is CCCNCC(=O)N[C@H](C)c1ccccc1. The molecule has 0 unspecified atom stereocenters. The van der Waals surface area contributed by atoms with Gasteiger partial charge in [-0.15, -0.1) is 0 Å². The topological polar surface area (TPSA) is 41.1 Å². The number of amides is 1. The van der Waals surface area contributed by atoms with E-state index in [0.29, 0.717) is 6.54 Å².